The van der Waals surface area contributed by atoms with Gasteiger partial charge in [-0.2, -0.15) is 0 Å². The highest BCUT2D eigenvalue weighted by molar-refractivity contribution is 7.97. The van der Waals surface area contributed by atoms with E-state index in [1.807, 2.05) is 11.9 Å². The molecule has 12 heavy (non-hydrogen) atoms. The lowest BCUT2D eigenvalue weighted by molar-refractivity contribution is 0.233. The maximum Gasteiger partial charge on any atom is 0.0218 e. The van der Waals surface area contributed by atoms with E-state index in [9.17, 15) is 0 Å². The molecule has 0 amide bonds. The van der Waals surface area contributed by atoms with E-state index in [1.54, 1.807) is 0 Å². The molecule has 72 valence electrons. The maximum atomic E-state index is 2.51. The van der Waals surface area contributed by atoms with Crippen molar-refractivity contribution in [1.29, 1.82) is 0 Å². The summed E-state index contributed by atoms with van der Waals surface area (Å²) in [6, 6.07) is 0. The molecular weight excluding hydrogens is 168 g/mol. The standard InChI is InChI=1S/C9H20N2S/c1-3-4-9-12-11-7-5-10(2)6-8-11/h3-9H2,1-2H3. The molecule has 2 nitrogen and oxygen atoms in total. The smallest absolute Gasteiger partial charge is 0.0218 e. The van der Waals surface area contributed by atoms with Crippen LogP contribution in [0.5, 0.6) is 0 Å². The van der Waals surface area contributed by atoms with E-state index in [1.165, 1.54) is 44.8 Å². The predicted molar refractivity (Wildman–Crippen MR) is 56.4 cm³/mol. The van der Waals surface area contributed by atoms with Crippen molar-refractivity contribution < 1.29 is 0 Å². The highest BCUT2D eigenvalue weighted by Gasteiger charge is 2.12. The molecule has 0 spiro atoms. The summed E-state index contributed by atoms with van der Waals surface area (Å²) < 4.78 is 2.51. The van der Waals surface area contributed by atoms with Gasteiger partial charge < -0.3 is 4.90 Å². The first-order chi connectivity index (χ1) is 5.83. The lowest BCUT2D eigenvalue weighted by Gasteiger charge is -2.31. The van der Waals surface area contributed by atoms with E-state index in [0.29, 0.717) is 0 Å². The van der Waals surface area contributed by atoms with E-state index >= 15 is 0 Å². The summed E-state index contributed by atoms with van der Waals surface area (Å²) >= 11 is 2.03. The van der Waals surface area contributed by atoms with Crippen LogP contribution in [-0.2, 0) is 0 Å². The van der Waals surface area contributed by atoms with Crippen LogP contribution in [0.1, 0.15) is 19.8 Å². The van der Waals surface area contributed by atoms with Crippen molar-refractivity contribution in [3.8, 4) is 0 Å². The third-order valence-electron chi connectivity index (χ3n) is 2.23. The second-order valence-electron chi connectivity index (χ2n) is 3.42. The molecule has 1 aliphatic rings. The van der Waals surface area contributed by atoms with Crippen LogP contribution in [0.3, 0.4) is 0 Å². The Hall–Kier alpha value is 0.270. The molecule has 0 aromatic carbocycles. The van der Waals surface area contributed by atoms with Gasteiger partial charge in [0.25, 0.3) is 0 Å². The van der Waals surface area contributed by atoms with E-state index in [0.717, 1.165) is 0 Å². The average molecular weight is 188 g/mol. The van der Waals surface area contributed by atoms with Crippen LogP contribution in [-0.4, -0.2) is 48.2 Å². The number of hydrogen-bond acceptors (Lipinski definition) is 3. The molecule has 0 saturated carbocycles. The van der Waals surface area contributed by atoms with E-state index in [-0.39, 0.29) is 0 Å². The molecule has 1 saturated heterocycles. The second-order valence-corrected chi connectivity index (χ2v) is 4.60. The van der Waals surface area contributed by atoms with Gasteiger partial charge in [-0.1, -0.05) is 25.3 Å². The van der Waals surface area contributed by atoms with Crippen molar-refractivity contribution in [3.63, 3.8) is 0 Å². The molecule has 1 aliphatic heterocycles. The zero-order chi connectivity index (χ0) is 8.81. The number of hydrogen-bond donors (Lipinski definition) is 0. The Morgan fingerprint density at radius 2 is 1.83 bits per heavy atom. The highest BCUT2D eigenvalue weighted by Crippen LogP contribution is 2.14. The number of piperazine rings is 1. The zero-order valence-electron chi connectivity index (χ0n) is 8.25. The third-order valence-corrected chi connectivity index (χ3v) is 3.44. The number of rotatable bonds is 4. The van der Waals surface area contributed by atoms with Gasteiger partial charge in [-0.3, -0.25) is 0 Å². The molecular formula is C9H20N2S. The molecule has 0 atom stereocenters. The summed E-state index contributed by atoms with van der Waals surface area (Å²) in [5.74, 6) is 1.31. The second kappa shape index (κ2) is 5.84. The minimum absolute atomic E-state index is 1.24. The van der Waals surface area contributed by atoms with Gasteiger partial charge in [0.1, 0.15) is 0 Å². The molecule has 0 bridgehead atoms. The van der Waals surface area contributed by atoms with Crippen molar-refractivity contribution in [1.82, 2.24) is 9.21 Å². The Labute approximate surface area is 80.4 Å². The van der Waals surface area contributed by atoms with Crippen LogP contribution in [0.4, 0.5) is 0 Å². The number of nitrogens with zero attached hydrogens (tertiary/aromatic N) is 2. The van der Waals surface area contributed by atoms with Gasteiger partial charge in [-0.15, -0.1) is 0 Å². The fourth-order valence-electron chi connectivity index (χ4n) is 1.26. The van der Waals surface area contributed by atoms with Gasteiger partial charge in [-0.25, -0.2) is 4.31 Å². The largest absolute Gasteiger partial charge is 0.304 e. The van der Waals surface area contributed by atoms with Crippen LogP contribution in [0.15, 0.2) is 0 Å². The first-order valence-corrected chi connectivity index (χ1v) is 5.83. The minimum atomic E-state index is 1.24. The van der Waals surface area contributed by atoms with Crippen LogP contribution in [0.2, 0.25) is 0 Å². The van der Waals surface area contributed by atoms with Gasteiger partial charge in [-0.05, 0) is 13.5 Å². The van der Waals surface area contributed by atoms with Crippen LogP contribution < -0.4 is 0 Å². The fourth-order valence-corrected chi connectivity index (χ4v) is 2.35. The predicted octanol–water partition coefficient (Wildman–Crippen LogP) is 1.68. The van der Waals surface area contributed by atoms with E-state index < -0.39 is 0 Å². The van der Waals surface area contributed by atoms with Crippen molar-refractivity contribution >= 4 is 11.9 Å². The average Bonchev–Trinajstić information content (AvgIpc) is 2.09. The Morgan fingerprint density at radius 1 is 1.17 bits per heavy atom. The quantitative estimate of drug-likeness (QED) is 0.489. The molecule has 0 aromatic heterocycles. The van der Waals surface area contributed by atoms with E-state index in [2.05, 4.69) is 23.2 Å². The number of likely N-dealkylation sites (N-methyl/N-ethyl adjacent to an activating group) is 1. The maximum absolute atomic E-state index is 2.51. The fraction of sp³-hybridized carbons (Fsp3) is 1.00. The van der Waals surface area contributed by atoms with Gasteiger partial charge in [0.15, 0.2) is 0 Å². The summed E-state index contributed by atoms with van der Waals surface area (Å²) in [7, 11) is 2.20. The zero-order valence-corrected chi connectivity index (χ0v) is 9.07. The normalized spacial score (nSPS) is 21.5. The topological polar surface area (TPSA) is 6.48 Å². The van der Waals surface area contributed by atoms with Crippen LogP contribution in [0, 0.1) is 0 Å². The molecule has 1 fully saturated rings. The van der Waals surface area contributed by atoms with Gasteiger partial charge >= 0.3 is 0 Å². The van der Waals surface area contributed by atoms with Crippen molar-refractivity contribution in [2.45, 2.75) is 19.8 Å². The summed E-state index contributed by atoms with van der Waals surface area (Å²) in [5.41, 5.74) is 0. The Morgan fingerprint density at radius 3 is 2.42 bits per heavy atom. The molecule has 1 rings (SSSR count). The molecule has 0 aromatic rings. The first kappa shape index (κ1) is 10.4. The Balaban J connectivity index is 2.01. The molecule has 3 heteroatoms. The summed E-state index contributed by atoms with van der Waals surface area (Å²) in [6.07, 6.45) is 2.68. The Bertz CT molecular complexity index is 111. The summed E-state index contributed by atoms with van der Waals surface area (Å²) in [6.45, 7) is 7.21. The lowest BCUT2D eigenvalue weighted by Crippen LogP contribution is -2.41. The Kier molecular flexibility index (Phi) is 5.04. The minimum Gasteiger partial charge on any atom is -0.304 e. The van der Waals surface area contributed by atoms with Crippen molar-refractivity contribution in [2.24, 2.45) is 0 Å². The van der Waals surface area contributed by atoms with Gasteiger partial charge in [0.2, 0.25) is 0 Å². The van der Waals surface area contributed by atoms with Crippen molar-refractivity contribution in [3.05, 3.63) is 0 Å². The molecule has 0 unspecified atom stereocenters. The highest BCUT2D eigenvalue weighted by atomic mass is 32.2. The molecule has 0 radical (unpaired) electrons. The monoisotopic (exact) mass is 188 g/mol. The van der Waals surface area contributed by atoms with Gasteiger partial charge in [0, 0.05) is 31.9 Å². The van der Waals surface area contributed by atoms with Gasteiger partial charge in [0.05, 0.1) is 0 Å². The molecule has 0 N–H and O–H groups in total. The van der Waals surface area contributed by atoms with Crippen LogP contribution >= 0.6 is 11.9 Å². The van der Waals surface area contributed by atoms with Crippen molar-refractivity contribution in [2.75, 3.05) is 39.0 Å². The third kappa shape index (κ3) is 3.78. The summed E-state index contributed by atoms with van der Waals surface area (Å²) in [5, 5.41) is 0. The summed E-state index contributed by atoms with van der Waals surface area (Å²) in [4.78, 5) is 2.40. The lowest BCUT2D eigenvalue weighted by atomic mass is 10.4. The molecule has 1 heterocycles. The van der Waals surface area contributed by atoms with E-state index in [4.69, 9.17) is 0 Å². The molecule has 0 aliphatic carbocycles. The SMILES string of the molecule is CCCCSN1CCN(C)CC1. The van der Waals surface area contributed by atoms with Crippen LogP contribution in [0.25, 0.3) is 0 Å². The first-order valence-electron chi connectivity index (χ1n) is 4.89. The number of unbranched alkanes of at least 4 members (excludes halogenated alkanes) is 1.